The minimum absolute atomic E-state index is 0.374. The number of nitrogens with zero attached hydrogens (tertiary/aromatic N) is 5. The van der Waals surface area contributed by atoms with Crippen molar-refractivity contribution in [1.82, 2.24) is 24.4 Å². The van der Waals surface area contributed by atoms with E-state index in [1.165, 1.54) is 0 Å². The van der Waals surface area contributed by atoms with Gasteiger partial charge in [-0.25, -0.2) is 9.97 Å². The minimum atomic E-state index is 0.374. The number of aryl methyl sites for hydroxylation is 1. The molecule has 6 nitrogen and oxygen atoms in total. The highest BCUT2D eigenvalue weighted by atomic mass is 16.5. The van der Waals surface area contributed by atoms with Crippen molar-refractivity contribution in [3.8, 4) is 11.6 Å². The van der Waals surface area contributed by atoms with E-state index in [0.717, 1.165) is 49.6 Å². The molecule has 0 unspecified atom stereocenters. The molecule has 1 atom stereocenters. The molecule has 1 saturated heterocycles. The quantitative estimate of drug-likeness (QED) is 0.707. The number of benzene rings is 1. The highest BCUT2D eigenvalue weighted by Crippen LogP contribution is 2.28. The third-order valence-electron chi connectivity index (χ3n) is 4.66. The average Bonchev–Trinajstić information content (AvgIpc) is 3.08. The summed E-state index contributed by atoms with van der Waals surface area (Å²) < 4.78 is 7.83. The van der Waals surface area contributed by atoms with E-state index in [1.54, 1.807) is 6.20 Å². The Hall–Kier alpha value is -2.73. The standard InChI is InChI=1S/C20H23N5O/c1-24-13-17(22-15-24)14-25-9-5-6-16(12-25)19-10-21-11-20(23-19)26-18-7-3-2-4-8-18/h2-4,7-8,10-11,13,15-16H,5-6,9,12,14H2,1H3/t16-/m0/s1. The predicted molar refractivity (Wildman–Crippen MR) is 99.0 cm³/mol. The van der Waals surface area contributed by atoms with Gasteiger partial charge in [-0.1, -0.05) is 18.2 Å². The Bertz CT molecular complexity index is 848. The highest BCUT2D eigenvalue weighted by Gasteiger charge is 2.23. The van der Waals surface area contributed by atoms with Crippen LogP contribution in [0.25, 0.3) is 0 Å². The van der Waals surface area contributed by atoms with Gasteiger partial charge in [0.05, 0.1) is 23.9 Å². The lowest BCUT2D eigenvalue weighted by Crippen LogP contribution is -2.34. The Kier molecular flexibility index (Phi) is 4.93. The number of para-hydroxylation sites is 1. The second kappa shape index (κ2) is 7.66. The minimum Gasteiger partial charge on any atom is -0.437 e. The van der Waals surface area contributed by atoms with Crippen molar-refractivity contribution >= 4 is 0 Å². The van der Waals surface area contributed by atoms with Gasteiger partial charge in [-0.3, -0.25) is 9.88 Å². The van der Waals surface area contributed by atoms with Crippen LogP contribution >= 0.6 is 0 Å². The normalized spacial score (nSPS) is 18.0. The largest absolute Gasteiger partial charge is 0.437 e. The van der Waals surface area contributed by atoms with Gasteiger partial charge in [0.15, 0.2) is 0 Å². The highest BCUT2D eigenvalue weighted by molar-refractivity contribution is 5.26. The summed E-state index contributed by atoms with van der Waals surface area (Å²) in [7, 11) is 2.00. The maximum atomic E-state index is 5.84. The van der Waals surface area contributed by atoms with Gasteiger partial charge in [0.25, 0.3) is 0 Å². The van der Waals surface area contributed by atoms with Gasteiger partial charge in [-0.2, -0.15) is 0 Å². The van der Waals surface area contributed by atoms with E-state index in [4.69, 9.17) is 9.72 Å². The number of aromatic nitrogens is 4. The van der Waals surface area contributed by atoms with E-state index in [2.05, 4.69) is 21.1 Å². The van der Waals surface area contributed by atoms with E-state index in [-0.39, 0.29) is 0 Å². The van der Waals surface area contributed by atoms with Crippen LogP contribution in [0, 0.1) is 0 Å². The van der Waals surface area contributed by atoms with Gasteiger partial charge in [0.1, 0.15) is 5.75 Å². The second-order valence-corrected chi connectivity index (χ2v) is 6.80. The van der Waals surface area contributed by atoms with E-state index in [9.17, 15) is 0 Å². The first-order valence-electron chi connectivity index (χ1n) is 9.00. The molecule has 0 aliphatic carbocycles. The lowest BCUT2D eigenvalue weighted by Gasteiger charge is -2.31. The first kappa shape index (κ1) is 16.7. The fourth-order valence-electron chi connectivity index (χ4n) is 3.44. The van der Waals surface area contributed by atoms with Crippen LogP contribution in [0.3, 0.4) is 0 Å². The van der Waals surface area contributed by atoms with Gasteiger partial charge in [0.2, 0.25) is 5.88 Å². The van der Waals surface area contributed by atoms with Crippen LogP contribution in [-0.4, -0.2) is 37.5 Å². The van der Waals surface area contributed by atoms with Crippen molar-refractivity contribution in [2.45, 2.75) is 25.3 Å². The van der Waals surface area contributed by atoms with Crippen molar-refractivity contribution < 1.29 is 4.74 Å². The van der Waals surface area contributed by atoms with Crippen molar-refractivity contribution in [1.29, 1.82) is 0 Å². The van der Waals surface area contributed by atoms with Crippen LogP contribution < -0.4 is 4.74 Å². The van der Waals surface area contributed by atoms with Crippen molar-refractivity contribution in [2.75, 3.05) is 13.1 Å². The molecule has 6 heteroatoms. The van der Waals surface area contributed by atoms with Crippen LogP contribution in [0.1, 0.15) is 30.1 Å². The van der Waals surface area contributed by atoms with E-state index in [0.29, 0.717) is 11.8 Å². The molecule has 1 aromatic carbocycles. The topological polar surface area (TPSA) is 56.1 Å². The van der Waals surface area contributed by atoms with Gasteiger partial charge >= 0.3 is 0 Å². The molecule has 1 fully saturated rings. The molecule has 4 rings (SSSR count). The van der Waals surface area contributed by atoms with Crippen LogP contribution in [0.2, 0.25) is 0 Å². The molecular formula is C20H23N5O. The van der Waals surface area contributed by atoms with E-state index < -0.39 is 0 Å². The third-order valence-corrected chi connectivity index (χ3v) is 4.66. The molecule has 3 heterocycles. The Labute approximate surface area is 153 Å². The number of ether oxygens (including phenoxy) is 1. The number of hydrogen-bond acceptors (Lipinski definition) is 5. The summed E-state index contributed by atoms with van der Waals surface area (Å²) in [6.45, 7) is 2.95. The van der Waals surface area contributed by atoms with Crippen LogP contribution in [0.15, 0.2) is 55.2 Å². The van der Waals surface area contributed by atoms with Gasteiger partial charge in [0, 0.05) is 38.4 Å². The first-order valence-corrected chi connectivity index (χ1v) is 9.00. The summed E-state index contributed by atoms with van der Waals surface area (Å²) >= 11 is 0. The zero-order valence-electron chi connectivity index (χ0n) is 15.0. The zero-order valence-corrected chi connectivity index (χ0v) is 15.0. The first-order chi connectivity index (χ1) is 12.8. The summed E-state index contributed by atoms with van der Waals surface area (Å²) in [6, 6.07) is 9.70. The average molecular weight is 349 g/mol. The summed E-state index contributed by atoms with van der Waals surface area (Å²) in [4.78, 5) is 15.9. The lowest BCUT2D eigenvalue weighted by molar-refractivity contribution is 0.196. The number of rotatable bonds is 5. The van der Waals surface area contributed by atoms with E-state index >= 15 is 0 Å². The van der Waals surface area contributed by atoms with Crippen LogP contribution in [0.4, 0.5) is 0 Å². The molecule has 0 spiro atoms. The third kappa shape index (κ3) is 4.08. The van der Waals surface area contributed by atoms with Crippen molar-refractivity contribution in [3.05, 3.63) is 66.6 Å². The molecule has 0 amide bonds. The number of imidazole rings is 1. The van der Waals surface area contributed by atoms with Crippen molar-refractivity contribution in [3.63, 3.8) is 0 Å². The number of piperidine rings is 1. The molecule has 0 N–H and O–H groups in total. The smallest absolute Gasteiger partial charge is 0.238 e. The monoisotopic (exact) mass is 349 g/mol. The molecule has 0 saturated carbocycles. The molecule has 134 valence electrons. The van der Waals surface area contributed by atoms with Crippen LogP contribution in [0.5, 0.6) is 11.6 Å². The summed E-state index contributed by atoms with van der Waals surface area (Å²) in [5, 5.41) is 0. The zero-order chi connectivity index (χ0) is 17.8. The maximum Gasteiger partial charge on any atom is 0.238 e. The Morgan fingerprint density at radius 3 is 2.88 bits per heavy atom. The summed E-state index contributed by atoms with van der Waals surface area (Å²) in [5.41, 5.74) is 2.12. The second-order valence-electron chi connectivity index (χ2n) is 6.80. The Morgan fingerprint density at radius 1 is 1.19 bits per heavy atom. The predicted octanol–water partition coefficient (Wildman–Crippen LogP) is 3.38. The molecule has 3 aromatic rings. The molecule has 1 aliphatic heterocycles. The fourth-order valence-corrected chi connectivity index (χ4v) is 3.44. The SMILES string of the molecule is Cn1cnc(CN2CCC[C@H](c3cncc(Oc4ccccc4)n3)C2)c1. The van der Waals surface area contributed by atoms with Crippen LogP contribution in [-0.2, 0) is 13.6 Å². The molecule has 26 heavy (non-hydrogen) atoms. The molecular weight excluding hydrogens is 326 g/mol. The maximum absolute atomic E-state index is 5.84. The molecule has 2 aromatic heterocycles. The molecule has 0 bridgehead atoms. The lowest BCUT2D eigenvalue weighted by atomic mass is 9.95. The van der Waals surface area contributed by atoms with Crippen molar-refractivity contribution in [2.24, 2.45) is 7.05 Å². The molecule has 1 aliphatic rings. The Morgan fingerprint density at radius 2 is 2.08 bits per heavy atom. The van der Waals surface area contributed by atoms with Gasteiger partial charge < -0.3 is 9.30 Å². The molecule has 0 radical (unpaired) electrons. The van der Waals surface area contributed by atoms with Gasteiger partial charge in [-0.05, 0) is 31.5 Å². The fraction of sp³-hybridized carbons (Fsp3) is 0.350. The number of likely N-dealkylation sites (tertiary alicyclic amines) is 1. The summed E-state index contributed by atoms with van der Waals surface area (Å²) in [6.07, 6.45) is 9.76. The van der Waals surface area contributed by atoms with Gasteiger partial charge in [-0.15, -0.1) is 0 Å². The van der Waals surface area contributed by atoms with E-state index in [1.807, 2.05) is 54.5 Å². The summed E-state index contributed by atoms with van der Waals surface area (Å²) in [5.74, 6) is 1.70. The Balaban J connectivity index is 1.44. The number of hydrogen-bond donors (Lipinski definition) is 0.